The predicted molar refractivity (Wildman–Crippen MR) is 88.6 cm³/mol. The first-order valence-electron chi connectivity index (χ1n) is 7.80. The Morgan fingerprint density at radius 3 is 2.73 bits per heavy atom. The fraction of sp³-hybridized carbons (Fsp3) is 0.529. The van der Waals surface area contributed by atoms with Crippen LogP contribution in [0.25, 0.3) is 0 Å². The summed E-state index contributed by atoms with van der Waals surface area (Å²) in [6.45, 7) is 2.28. The lowest BCUT2D eigenvalue weighted by molar-refractivity contribution is -0.129. The molecule has 0 radical (unpaired) electrons. The number of halogens is 1. The van der Waals surface area contributed by atoms with Crippen molar-refractivity contribution in [2.75, 3.05) is 6.54 Å². The van der Waals surface area contributed by atoms with Crippen molar-refractivity contribution in [2.24, 2.45) is 5.92 Å². The zero-order chi connectivity index (χ0) is 15.9. The molecule has 0 bridgehead atoms. The first-order chi connectivity index (χ1) is 10.6. The van der Waals surface area contributed by atoms with Crippen LogP contribution in [0, 0.1) is 5.92 Å². The van der Waals surface area contributed by atoms with E-state index in [4.69, 9.17) is 4.74 Å². The van der Waals surface area contributed by atoms with Gasteiger partial charge in [-0.1, -0.05) is 41.3 Å². The molecule has 0 heterocycles. The van der Waals surface area contributed by atoms with Gasteiger partial charge in [-0.05, 0) is 43.9 Å². The topological polar surface area (TPSA) is 55.4 Å². The molecule has 5 heteroatoms. The highest BCUT2D eigenvalue weighted by molar-refractivity contribution is 9.10. The quantitative estimate of drug-likeness (QED) is 0.807. The molecule has 22 heavy (non-hydrogen) atoms. The van der Waals surface area contributed by atoms with Gasteiger partial charge in [-0.25, -0.2) is 4.79 Å². The number of benzene rings is 1. The minimum absolute atomic E-state index is 0.228. The van der Waals surface area contributed by atoms with Crippen LogP contribution in [-0.4, -0.2) is 24.5 Å². The fourth-order valence-electron chi connectivity index (χ4n) is 2.68. The van der Waals surface area contributed by atoms with Gasteiger partial charge < -0.3 is 10.1 Å². The van der Waals surface area contributed by atoms with E-state index in [0.29, 0.717) is 18.0 Å². The summed E-state index contributed by atoms with van der Waals surface area (Å²) in [5.74, 6) is -0.152. The summed E-state index contributed by atoms with van der Waals surface area (Å²) in [6.07, 6.45) is 5.35. The van der Waals surface area contributed by atoms with Gasteiger partial charge in [-0.2, -0.15) is 0 Å². The van der Waals surface area contributed by atoms with Crippen molar-refractivity contribution in [3.8, 4) is 0 Å². The van der Waals surface area contributed by atoms with E-state index in [0.717, 1.165) is 4.47 Å². The standard InChI is InChI=1S/C17H22BrNO3/c1-12(16(20)19-11-13-6-3-2-4-7-13)22-17(21)14-8-5-9-15(18)10-14/h5,8-10,12-13H,2-4,6-7,11H2,1H3,(H,19,20). The number of ether oxygens (including phenoxy) is 1. The van der Waals surface area contributed by atoms with Crippen molar-refractivity contribution in [3.05, 3.63) is 34.3 Å². The molecule has 0 aliphatic heterocycles. The second-order valence-corrected chi connectivity index (χ2v) is 6.72. The molecule has 1 N–H and O–H groups in total. The number of rotatable bonds is 5. The smallest absolute Gasteiger partial charge is 0.338 e. The summed E-state index contributed by atoms with van der Waals surface area (Å²) >= 11 is 3.31. The van der Waals surface area contributed by atoms with E-state index in [1.165, 1.54) is 32.1 Å². The average molecular weight is 368 g/mol. The van der Waals surface area contributed by atoms with E-state index >= 15 is 0 Å². The maximum atomic E-state index is 12.0. The molecule has 4 nitrogen and oxygen atoms in total. The lowest BCUT2D eigenvalue weighted by Gasteiger charge is -2.22. The lowest BCUT2D eigenvalue weighted by atomic mass is 9.89. The summed E-state index contributed by atoms with van der Waals surface area (Å²) in [5, 5.41) is 2.89. The van der Waals surface area contributed by atoms with Crippen LogP contribution in [0.5, 0.6) is 0 Å². The predicted octanol–water partition coefficient (Wildman–Crippen LogP) is 3.69. The molecule has 0 spiro atoms. The van der Waals surface area contributed by atoms with Gasteiger partial charge in [0.2, 0.25) is 0 Å². The summed E-state index contributed by atoms with van der Waals surface area (Å²) < 4.78 is 6.02. The Morgan fingerprint density at radius 1 is 1.32 bits per heavy atom. The lowest BCUT2D eigenvalue weighted by Crippen LogP contribution is -2.38. The van der Waals surface area contributed by atoms with Crippen LogP contribution in [0.3, 0.4) is 0 Å². The highest BCUT2D eigenvalue weighted by Gasteiger charge is 2.20. The summed E-state index contributed by atoms with van der Waals surface area (Å²) in [6, 6.07) is 6.93. The molecule has 1 unspecified atom stereocenters. The second kappa shape index (κ2) is 8.32. The fourth-order valence-corrected chi connectivity index (χ4v) is 3.08. The third-order valence-corrected chi connectivity index (χ3v) is 4.50. The zero-order valence-corrected chi connectivity index (χ0v) is 14.4. The molecule has 1 aromatic rings. The van der Waals surface area contributed by atoms with Crippen LogP contribution < -0.4 is 5.32 Å². The highest BCUT2D eigenvalue weighted by atomic mass is 79.9. The molecule has 1 amide bonds. The maximum Gasteiger partial charge on any atom is 0.338 e. The molecule has 1 atom stereocenters. The molecular weight excluding hydrogens is 346 g/mol. The summed E-state index contributed by atoms with van der Waals surface area (Å²) in [7, 11) is 0. The number of esters is 1. The van der Waals surface area contributed by atoms with Gasteiger partial charge in [0.15, 0.2) is 6.10 Å². The molecule has 2 rings (SSSR count). The van der Waals surface area contributed by atoms with Gasteiger partial charge in [0, 0.05) is 11.0 Å². The Morgan fingerprint density at radius 2 is 2.05 bits per heavy atom. The van der Waals surface area contributed by atoms with Crippen molar-refractivity contribution < 1.29 is 14.3 Å². The minimum atomic E-state index is -0.782. The van der Waals surface area contributed by atoms with Gasteiger partial charge >= 0.3 is 5.97 Å². The molecule has 1 saturated carbocycles. The number of nitrogens with one attached hydrogen (secondary N) is 1. The molecule has 1 fully saturated rings. The van der Waals surface area contributed by atoms with Crippen LogP contribution in [-0.2, 0) is 9.53 Å². The van der Waals surface area contributed by atoms with E-state index in [9.17, 15) is 9.59 Å². The minimum Gasteiger partial charge on any atom is -0.449 e. The zero-order valence-electron chi connectivity index (χ0n) is 12.8. The van der Waals surface area contributed by atoms with Crippen molar-refractivity contribution in [3.63, 3.8) is 0 Å². The Balaban J connectivity index is 1.79. The van der Waals surface area contributed by atoms with E-state index in [1.807, 2.05) is 6.07 Å². The van der Waals surface area contributed by atoms with E-state index < -0.39 is 12.1 Å². The van der Waals surface area contributed by atoms with Crippen molar-refractivity contribution in [2.45, 2.75) is 45.1 Å². The van der Waals surface area contributed by atoms with Crippen LogP contribution in [0.4, 0.5) is 0 Å². The molecule has 1 aliphatic carbocycles. The van der Waals surface area contributed by atoms with Crippen molar-refractivity contribution in [1.82, 2.24) is 5.32 Å². The number of amides is 1. The van der Waals surface area contributed by atoms with Gasteiger partial charge in [0.25, 0.3) is 5.91 Å². The van der Waals surface area contributed by atoms with Gasteiger partial charge in [0.1, 0.15) is 0 Å². The largest absolute Gasteiger partial charge is 0.449 e. The molecule has 120 valence electrons. The third-order valence-electron chi connectivity index (χ3n) is 4.00. The highest BCUT2D eigenvalue weighted by Crippen LogP contribution is 2.22. The van der Waals surface area contributed by atoms with Crippen LogP contribution in [0.2, 0.25) is 0 Å². The van der Waals surface area contributed by atoms with Crippen LogP contribution >= 0.6 is 15.9 Å². The molecule has 0 aromatic heterocycles. The normalized spacial score (nSPS) is 16.8. The number of carbonyl (C=O) groups is 2. The Hall–Kier alpha value is -1.36. The van der Waals surface area contributed by atoms with Crippen molar-refractivity contribution >= 4 is 27.8 Å². The molecule has 0 saturated heterocycles. The molecule has 1 aliphatic rings. The third kappa shape index (κ3) is 5.13. The van der Waals surface area contributed by atoms with E-state index in [-0.39, 0.29) is 5.91 Å². The van der Waals surface area contributed by atoms with Gasteiger partial charge in [-0.15, -0.1) is 0 Å². The second-order valence-electron chi connectivity index (χ2n) is 5.81. The summed E-state index contributed by atoms with van der Waals surface area (Å²) in [4.78, 5) is 24.0. The Labute approximate surface area is 139 Å². The van der Waals surface area contributed by atoms with Gasteiger partial charge in [0.05, 0.1) is 5.56 Å². The first kappa shape index (κ1) is 17.0. The molecule has 1 aromatic carbocycles. The summed E-state index contributed by atoms with van der Waals surface area (Å²) in [5.41, 5.74) is 0.432. The Bertz CT molecular complexity index is 526. The number of carbonyl (C=O) groups excluding carboxylic acids is 2. The van der Waals surface area contributed by atoms with E-state index in [1.54, 1.807) is 25.1 Å². The number of hydrogen-bond donors (Lipinski definition) is 1. The van der Waals surface area contributed by atoms with Crippen LogP contribution in [0.15, 0.2) is 28.7 Å². The molecular formula is C17H22BrNO3. The first-order valence-corrected chi connectivity index (χ1v) is 8.60. The monoisotopic (exact) mass is 367 g/mol. The Kier molecular flexibility index (Phi) is 6.43. The number of hydrogen-bond acceptors (Lipinski definition) is 3. The van der Waals surface area contributed by atoms with Gasteiger partial charge in [-0.3, -0.25) is 4.79 Å². The van der Waals surface area contributed by atoms with Crippen molar-refractivity contribution in [1.29, 1.82) is 0 Å². The van der Waals surface area contributed by atoms with E-state index in [2.05, 4.69) is 21.2 Å². The maximum absolute atomic E-state index is 12.0. The van der Waals surface area contributed by atoms with Crippen LogP contribution in [0.1, 0.15) is 49.4 Å². The average Bonchev–Trinajstić information content (AvgIpc) is 2.53. The SMILES string of the molecule is CC(OC(=O)c1cccc(Br)c1)C(=O)NCC1CCCCC1.